The Kier molecular flexibility index (Phi) is 4.27. The first-order valence-electron chi connectivity index (χ1n) is 6.20. The molecule has 0 unspecified atom stereocenters. The van der Waals surface area contributed by atoms with Gasteiger partial charge in [-0.2, -0.15) is 0 Å². The highest BCUT2D eigenvalue weighted by atomic mass is 19.1. The lowest BCUT2D eigenvalue weighted by Gasteiger charge is -2.06. The Bertz CT molecular complexity index is 700. The predicted octanol–water partition coefficient (Wildman–Crippen LogP) is 2.76. The molecule has 6 heteroatoms. The van der Waals surface area contributed by atoms with E-state index < -0.39 is 17.8 Å². The predicted molar refractivity (Wildman–Crippen MR) is 72.5 cm³/mol. The first-order chi connectivity index (χ1) is 10.0. The molecule has 0 saturated heterocycles. The van der Waals surface area contributed by atoms with Gasteiger partial charge in [0.25, 0.3) is 0 Å². The van der Waals surface area contributed by atoms with Crippen molar-refractivity contribution < 1.29 is 23.8 Å². The minimum Gasteiger partial charge on any atom is -0.477 e. The van der Waals surface area contributed by atoms with Gasteiger partial charge in [0.05, 0.1) is 17.9 Å². The zero-order valence-corrected chi connectivity index (χ0v) is 11.2. The maximum Gasteiger partial charge on any atom is 0.354 e. The molecule has 0 aliphatic rings. The summed E-state index contributed by atoms with van der Waals surface area (Å²) in [5.41, 5.74) is 0.380. The number of rotatable bonds is 4. The van der Waals surface area contributed by atoms with Crippen molar-refractivity contribution in [2.24, 2.45) is 0 Å². The van der Waals surface area contributed by atoms with Gasteiger partial charge in [0.2, 0.25) is 0 Å². The Labute approximate surface area is 120 Å². The average Bonchev–Trinajstić information content (AvgIpc) is 2.47. The normalized spacial score (nSPS) is 10.2. The Balaban J connectivity index is 2.38. The molecule has 0 amide bonds. The molecule has 0 bridgehead atoms. The molecule has 21 heavy (non-hydrogen) atoms. The number of pyridine rings is 1. The molecule has 0 spiro atoms. The molecule has 0 saturated carbocycles. The van der Waals surface area contributed by atoms with Crippen LogP contribution < -0.4 is 0 Å². The van der Waals surface area contributed by atoms with Crippen LogP contribution in [-0.4, -0.2) is 28.6 Å². The van der Waals surface area contributed by atoms with E-state index in [0.29, 0.717) is 11.3 Å². The zero-order valence-electron chi connectivity index (χ0n) is 11.2. The zero-order chi connectivity index (χ0) is 15.4. The van der Waals surface area contributed by atoms with Crippen molar-refractivity contribution in [1.29, 1.82) is 0 Å². The number of aromatic carboxylic acids is 1. The van der Waals surface area contributed by atoms with E-state index in [1.54, 1.807) is 13.0 Å². The van der Waals surface area contributed by atoms with E-state index in [2.05, 4.69) is 4.98 Å². The molecule has 0 radical (unpaired) electrons. The lowest BCUT2D eigenvalue weighted by atomic mass is 10.1. The number of ether oxygens (including phenoxy) is 1. The average molecular weight is 289 g/mol. The topological polar surface area (TPSA) is 76.5 Å². The lowest BCUT2D eigenvalue weighted by Crippen LogP contribution is -2.07. The number of carboxylic acids is 1. The Morgan fingerprint density at radius 2 is 2.05 bits per heavy atom. The molecule has 108 valence electrons. The summed E-state index contributed by atoms with van der Waals surface area (Å²) in [6.07, 6.45) is 0. The van der Waals surface area contributed by atoms with Crippen LogP contribution in [0.5, 0.6) is 0 Å². The van der Waals surface area contributed by atoms with Crippen LogP contribution in [0, 0.1) is 5.82 Å². The van der Waals surface area contributed by atoms with E-state index >= 15 is 0 Å². The standard InChI is InChI=1S/C15H12FNO4/c1-2-21-15(20)10-7-6-9(8-11(10)16)12-4-3-5-13(17-12)14(18)19/h3-8H,2H2,1H3,(H,18,19). The Hall–Kier alpha value is -2.76. The van der Waals surface area contributed by atoms with Gasteiger partial charge in [-0.1, -0.05) is 12.1 Å². The summed E-state index contributed by atoms with van der Waals surface area (Å²) in [5, 5.41) is 8.89. The van der Waals surface area contributed by atoms with Crippen LogP contribution in [0.3, 0.4) is 0 Å². The fraction of sp³-hybridized carbons (Fsp3) is 0.133. The summed E-state index contributed by atoms with van der Waals surface area (Å²) in [6, 6.07) is 8.32. The lowest BCUT2D eigenvalue weighted by molar-refractivity contribution is 0.0520. The highest BCUT2D eigenvalue weighted by molar-refractivity contribution is 5.90. The van der Waals surface area contributed by atoms with Crippen LogP contribution in [0.15, 0.2) is 36.4 Å². The van der Waals surface area contributed by atoms with Crippen LogP contribution in [-0.2, 0) is 4.74 Å². The van der Waals surface area contributed by atoms with Crippen molar-refractivity contribution in [1.82, 2.24) is 4.98 Å². The first-order valence-corrected chi connectivity index (χ1v) is 6.20. The van der Waals surface area contributed by atoms with Crippen LogP contribution in [0.1, 0.15) is 27.8 Å². The number of halogens is 1. The number of benzene rings is 1. The maximum atomic E-state index is 13.9. The largest absolute Gasteiger partial charge is 0.477 e. The van der Waals surface area contributed by atoms with E-state index in [1.165, 1.54) is 24.3 Å². The van der Waals surface area contributed by atoms with E-state index in [0.717, 1.165) is 6.07 Å². The number of carboxylic acid groups (broad SMARTS) is 1. The molecule has 1 aromatic heterocycles. The second-order valence-corrected chi connectivity index (χ2v) is 4.13. The molecule has 1 aromatic carbocycles. The summed E-state index contributed by atoms with van der Waals surface area (Å²) in [5.74, 6) is -2.65. The highest BCUT2D eigenvalue weighted by Gasteiger charge is 2.14. The van der Waals surface area contributed by atoms with Gasteiger partial charge in [0, 0.05) is 5.56 Å². The van der Waals surface area contributed by atoms with Crippen LogP contribution in [0.4, 0.5) is 4.39 Å². The molecule has 0 atom stereocenters. The van der Waals surface area contributed by atoms with Gasteiger partial charge in [-0.25, -0.2) is 19.0 Å². The van der Waals surface area contributed by atoms with Crippen LogP contribution in [0.2, 0.25) is 0 Å². The fourth-order valence-corrected chi connectivity index (χ4v) is 1.76. The van der Waals surface area contributed by atoms with Crippen molar-refractivity contribution in [2.75, 3.05) is 6.61 Å². The van der Waals surface area contributed by atoms with Crippen molar-refractivity contribution in [3.05, 3.63) is 53.5 Å². The third kappa shape index (κ3) is 3.22. The summed E-state index contributed by atoms with van der Waals surface area (Å²) in [4.78, 5) is 26.3. The Morgan fingerprint density at radius 1 is 1.29 bits per heavy atom. The molecule has 5 nitrogen and oxygen atoms in total. The molecule has 0 fully saturated rings. The van der Waals surface area contributed by atoms with Gasteiger partial charge in [0.15, 0.2) is 0 Å². The molecular formula is C15H12FNO4. The van der Waals surface area contributed by atoms with E-state index in [4.69, 9.17) is 9.84 Å². The minimum absolute atomic E-state index is 0.137. The molecule has 0 aliphatic heterocycles. The number of hydrogen-bond donors (Lipinski definition) is 1. The van der Waals surface area contributed by atoms with Crippen molar-refractivity contribution in [3.63, 3.8) is 0 Å². The number of hydrogen-bond acceptors (Lipinski definition) is 4. The summed E-state index contributed by atoms with van der Waals surface area (Å²) >= 11 is 0. The number of esters is 1. The van der Waals surface area contributed by atoms with E-state index in [1.807, 2.05) is 0 Å². The van der Waals surface area contributed by atoms with Crippen molar-refractivity contribution in [2.45, 2.75) is 6.92 Å². The quantitative estimate of drug-likeness (QED) is 0.876. The molecular weight excluding hydrogens is 277 g/mol. The fourth-order valence-electron chi connectivity index (χ4n) is 1.76. The number of aromatic nitrogens is 1. The monoisotopic (exact) mass is 289 g/mol. The van der Waals surface area contributed by atoms with Gasteiger partial charge in [0.1, 0.15) is 11.5 Å². The number of carbonyl (C=O) groups excluding carboxylic acids is 1. The van der Waals surface area contributed by atoms with E-state index in [-0.39, 0.29) is 17.9 Å². The molecule has 1 heterocycles. The molecule has 1 N–H and O–H groups in total. The summed E-state index contributed by atoms with van der Waals surface area (Å²) in [7, 11) is 0. The number of carbonyl (C=O) groups is 2. The first kappa shape index (κ1) is 14.6. The Morgan fingerprint density at radius 3 is 2.67 bits per heavy atom. The highest BCUT2D eigenvalue weighted by Crippen LogP contribution is 2.21. The van der Waals surface area contributed by atoms with Gasteiger partial charge < -0.3 is 9.84 Å². The van der Waals surface area contributed by atoms with Gasteiger partial charge in [-0.15, -0.1) is 0 Å². The molecule has 0 aliphatic carbocycles. The minimum atomic E-state index is -1.17. The maximum absolute atomic E-state index is 13.9. The van der Waals surface area contributed by atoms with Crippen molar-refractivity contribution in [3.8, 4) is 11.3 Å². The second kappa shape index (κ2) is 6.13. The van der Waals surface area contributed by atoms with Crippen molar-refractivity contribution >= 4 is 11.9 Å². The molecule has 2 aromatic rings. The summed E-state index contributed by atoms with van der Waals surface area (Å²) < 4.78 is 18.7. The second-order valence-electron chi connectivity index (χ2n) is 4.13. The van der Waals surface area contributed by atoms with Gasteiger partial charge in [-0.3, -0.25) is 0 Å². The smallest absolute Gasteiger partial charge is 0.354 e. The third-order valence-electron chi connectivity index (χ3n) is 2.73. The number of nitrogens with zero attached hydrogens (tertiary/aromatic N) is 1. The van der Waals surface area contributed by atoms with E-state index in [9.17, 15) is 14.0 Å². The van der Waals surface area contributed by atoms with Crippen LogP contribution >= 0.6 is 0 Å². The van der Waals surface area contributed by atoms with Gasteiger partial charge in [-0.05, 0) is 31.2 Å². The van der Waals surface area contributed by atoms with Crippen LogP contribution in [0.25, 0.3) is 11.3 Å². The SMILES string of the molecule is CCOC(=O)c1ccc(-c2cccc(C(=O)O)n2)cc1F. The molecule has 2 rings (SSSR count). The summed E-state index contributed by atoms with van der Waals surface area (Å²) in [6.45, 7) is 1.79. The third-order valence-corrected chi connectivity index (χ3v) is 2.73. The van der Waals surface area contributed by atoms with Gasteiger partial charge >= 0.3 is 11.9 Å².